The van der Waals surface area contributed by atoms with Crippen LogP contribution in [0.5, 0.6) is 0 Å². The second kappa shape index (κ2) is 7.71. The Bertz CT molecular complexity index is 549. The molecule has 0 unspecified atom stereocenters. The average molecular weight is 396 g/mol. The Morgan fingerprint density at radius 2 is 1.57 bits per heavy atom. The summed E-state index contributed by atoms with van der Waals surface area (Å²) < 4.78 is 14.3. The van der Waals surface area contributed by atoms with E-state index in [4.69, 9.17) is 0 Å². The van der Waals surface area contributed by atoms with Crippen molar-refractivity contribution in [3.8, 4) is 0 Å². The standard InChI is InChI=1S/C18H27FN2O.Y/c1-6-21(7-2,8-3)18(9-10-18)17(22)20-16-13(4)11-15(19)12-14(16)5;/h11-12H,6-10H2,1-5H3;/p+1. The van der Waals surface area contributed by atoms with Gasteiger partial charge >= 0.3 is 0 Å². The number of hydrogen-bond acceptors (Lipinski definition) is 1. The average Bonchev–Trinajstić information content (AvgIpc) is 3.27. The van der Waals surface area contributed by atoms with Crippen LogP contribution in [0.1, 0.15) is 44.7 Å². The third-order valence-corrected chi connectivity index (χ3v) is 5.61. The topological polar surface area (TPSA) is 29.1 Å². The molecular weight excluding hydrogens is 368 g/mol. The van der Waals surface area contributed by atoms with Gasteiger partial charge in [-0.3, -0.25) is 4.79 Å². The van der Waals surface area contributed by atoms with E-state index in [2.05, 4.69) is 26.1 Å². The number of nitrogens with zero attached hydrogens (tertiary/aromatic N) is 1. The van der Waals surface area contributed by atoms with Crippen molar-refractivity contribution in [2.75, 3.05) is 25.0 Å². The Hall–Kier alpha value is -0.316. The van der Waals surface area contributed by atoms with Gasteiger partial charge in [-0.05, 0) is 57.9 Å². The van der Waals surface area contributed by atoms with Gasteiger partial charge in [0, 0.05) is 51.2 Å². The smallest absolute Gasteiger partial charge is 0.285 e. The van der Waals surface area contributed by atoms with Crippen LogP contribution in [0.3, 0.4) is 0 Å². The molecule has 0 saturated heterocycles. The summed E-state index contributed by atoms with van der Waals surface area (Å²) in [7, 11) is 0. The zero-order valence-corrected chi connectivity index (χ0v) is 17.8. The molecule has 2 rings (SSSR count). The fourth-order valence-corrected chi connectivity index (χ4v) is 3.95. The summed E-state index contributed by atoms with van der Waals surface area (Å²) in [5.41, 5.74) is 2.03. The van der Waals surface area contributed by atoms with Gasteiger partial charge in [-0.25, -0.2) is 4.39 Å². The number of benzene rings is 1. The van der Waals surface area contributed by atoms with E-state index in [1.807, 2.05) is 13.8 Å². The first-order valence-electron chi connectivity index (χ1n) is 8.30. The predicted molar refractivity (Wildman–Crippen MR) is 88.4 cm³/mol. The zero-order valence-electron chi connectivity index (χ0n) is 15.0. The molecule has 1 saturated carbocycles. The van der Waals surface area contributed by atoms with Crippen molar-refractivity contribution < 1.29 is 46.4 Å². The minimum Gasteiger partial charge on any atom is -0.320 e. The summed E-state index contributed by atoms with van der Waals surface area (Å²) in [5, 5.41) is 3.10. The predicted octanol–water partition coefficient (Wildman–Crippen LogP) is 3.79. The van der Waals surface area contributed by atoms with Gasteiger partial charge in [-0.15, -0.1) is 0 Å². The summed E-state index contributed by atoms with van der Waals surface area (Å²) in [5.74, 6) is -0.161. The molecule has 1 N–H and O–H groups in total. The fourth-order valence-electron chi connectivity index (χ4n) is 3.95. The van der Waals surface area contributed by atoms with Crippen LogP contribution < -0.4 is 5.32 Å². The van der Waals surface area contributed by atoms with E-state index in [9.17, 15) is 9.18 Å². The van der Waals surface area contributed by atoms with E-state index in [0.717, 1.165) is 53.8 Å². The van der Waals surface area contributed by atoms with Gasteiger partial charge in [-0.2, -0.15) is 0 Å². The largest absolute Gasteiger partial charge is 0.320 e. The molecule has 1 aromatic rings. The van der Waals surface area contributed by atoms with Crippen LogP contribution in [0, 0.1) is 19.7 Å². The number of quaternary nitrogens is 1. The molecule has 0 atom stereocenters. The van der Waals surface area contributed by atoms with E-state index >= 15 is 0 Å². The van der Waals surface area contributed by atoms with Crippen molar-refractivity contribution in [3.63, 3.8) is 0 Å². The Morgan fingerprint density at radius 3 is 1.91 bits per heavy atom. The van der Waals surface area contributed by atoms with Crippen molar-refractivity contribution >= 4 is 11.6 Å². The molecule has 1 aromatic carbocycles. The van der Waals surface area contributed by atoms with Crippen molar-refractivity contribution in [1.82, 2.24) is 0 Å². The van der Waals surface area contributed by atoms with Gasteiger partial charge in [0.25, 0.3) is 5.91 Å². The number of aryl methyl sites for hydroxylation is 2. The quantitative estimate of drug-likeness (QED) is 0.729. The van der Waals surface area contributed by atoms with Crippen LogP contribution in [-0.4, -0.2) is 35.6 Å². The SMILES string of the molecule is CC[N+](CC)(CC)C1(C(=O)Nc2c(C)cc(F)cc2C)CC1.[Y]. The summed E-state index contributed by atoms with van der Waals surface area (Å²) in [4.78, 5) is 13.0. The maximum atomic E-state index is 13.4. The number of carbonyl (C=O) groups excluding carboxylic acids is 1. The minimum atomic E-state index is -0.300. The van der Waals surface area contributed by atoms with Crippen molar-refractivity contribution in [3.05, 3.63) is 29.1 Å². The first kappa shape index (κ1) is 20.7. The van der Waals surface area contributed by atoms with Gasteiger partial charge in [0.15, 0.2) is 5.54 Å². The summed E-state index contributed by atoms with van der Waals surface area (Å²) in [6, 6.07) is 2.95. The number of amides is 1. The maximum absolute atomic E-state index is 13.4. The van der Waals surface area contributed by atoms with E-state index < -0.39 is 0 Å². The molecule has 5 heteroatoms. The van der Waals surface area contributed by atoms with Gasteiger partial charge in [0.1, 0.15) is 5.82 Å². The molecule has 0 aliphatic heterocycles. The van der Waals surface area contributed by atoms with Crippen LogP contribution in [0.25, 0.3) is 0 Å². The molecule has 3 nitrogen and oxygen atoms in total. The molecule has 1 radical (unpaired) electrons. The zero-order chi connectivity index (χ0) is 16.5. The Kier molecular flexibility index (Phi) is 6.95. The Morgan fingerprint density at radius 1 is 1.13 bits per heavy atom. The van der Waals surface area contributed by atoms with E-state index in [-0.39, 0.29) is 50.0 Å². The van der Waals surface area contributed by atoms with Crippen molar-refractivity contribution in [2.45, 2.75) is 53.0 Å². The molecule has 125 valence electrons. The van der Waals surface area contributed by atoms with Crippen LogP contribution in [0.4, 0.5) is 10.1 Å². The molecule has 0 bridgehead atoms. The first-order chi connectivity index (χ1) is 10.4. The molecular formula is C18H28FN2OY+. The molecule has 0 aromatic heterocycles. The van der Waals surface area contributed by atoms with Crippen LogP contribution in [-0.2, 0) is 37.5 Å². The number of halogens is 1. The van der Waals surface area contributed by atoms with E-state index in [0.29, 0.717) is 0 Å². The number of nitrogens with one attached hydrogen (secondary N) is 1. The van der Waals surface area contributed by atoms with Gasteiger partial charge in [-0.1, -0.05) is 0 Å². The second-order valence-corrected chi connectivity index (χ2v) is 6.49. The van der Waals surface area contributed by atoms with E-state index in [1.165, 1.54) is 12.1 Å². The molecule has 23 heavy (non-hydrogen) atoms. The number of carbonyl (C=O) groups is 1. The summed E-state index contributed by atoms with van der Waals surface area (Å²) >= 11 is 0. The third-order valence-electron chi connectivity index (χ3n) is 5.61. The van der Waals surface area contributed by atoms with Crippen molar-refractivity contribution in [2.24, 2.45) is 0 Å². The van der Waals surface area contributed by atoms with Crippen LogP contribution in [0.2, 0.25) is 0 Å². The first-order valence-corrected chi connectivity index (χ1v) is 8.30. The second-order valence-electron chi connectivity index (χ2n) is 6.49. The van der Waals surface area contributed by atoms with Gasteiger partial charge in [0.05, 0.1) is 19.6 Å². The summed E-state index contributed by atoms with van der Waals surface area (Å²) in [6.45, 7) is 13.0. The third kappa shape index (κ3) is 3.54. The molecule has 0 spiro atoms. The number of hydrogen-bond donors (Lipinski definition) is 1. The van der Waals surface area contributed by atoms with Gasteiger partial charge < -0.3 is 9.80 Å². The molecule has 1 aliphatic rings. The normalized spacial score (nSPS) is 15.7. The van der Waals surface area contributed by atoms with Crippen LogP contribution >= 0.6 is 0 Å². The van der Waals surface area contributed by atoms with E-state index in [1.54, 1.807) is 0 Å². The van der Waals surface area contributed by atoms with Crippen molar-refractivity contribution in [1.29, 1.82) is 0 Å². The fraction of sp³-hybridized carbons (Fsp3) is 0.611. The number of anilines is 1. The van der Waals surface area contributed by atoms with Gasteiger partial charge in [0.2, 0.25) is 0 Å². The Labute approximate surface area is 164 Å². The molecule has 1 aliphatic carbocycles. The molecule has 0 heterocycles. The molecule has 1 amide bonds. The maximum Gasteiger partial charge on any atom is 0.285 e. The number of rotatable bonds is 6. The Balaban J connectivity index is 0.00000264. The number of likely N-dealkylation sites (N-methyl/N-ethyl adjacent to an activating group) is 1. The monoisotopic (exact) mass is 396 g/mol. The summed E-state index contributed by atoms with van der Waals surface area (Å²) in [6.07, 6.45) is 1.88. The van der Waals surface area contributed by atoms with Crippen LogP contribution in [0.15, 0.2) is 12.1 Å². The minimum absolute atomic E-state index is 0. The molecule has 1 fully saturated rings.